The maximum atomic E-state index is 12.4. The number of halogens is 1. The first-order valence-electron chi connectivity index (χ1n) is 7.02. The van der Waals surface area contributed by atoms with Crippen LogP contribution in [0, 0.1) is 11.3 Å². The van der Waals surface area contributed by atoms with Crippen molar-refractivity contribution in [2.24, 2.45) is 17.1 Å². The van der Waals surface area contributed by atoms with E-state index in [0.29, 0.717) is 39.2 Å². The number of nitrogens with two attached hydrogens (primary N) is 1. The first-order chi connectivity index (χ1) is 9.30. The van der Waals surface area contributed by atoms with Gasteiger partial charge in [-0.3, -0.25) is 9.59 Å². The van der Waals surface area contributed by atoms with E-state index in [-0.39, 0.29) is 35.6 Å². The fourth-order valence-corrected chi connectivity index (χ4v) is 2.45. The molecule has 0 aromatic rings. The lowest BCUT2D eigenvalue weighted by molar-refractivity contribution is -0.135. The van der Waals surface area contributed by atoms with Crippen molar-refractivity contribution < 1.29 is 14.3 Å². The minimum atomic E-state index is -0.238. The lowest BCUT2D eigenvalue weighted by Gasteiger charge is -2.30. The Bertz CT molecular complexity index is 363. The van der Waals surface area contributed by atoms with Crippen molar-refractivity contribution in [3.05, 3.63) is 0 Å². The van der Waals surface area contributed by atoms with Crippen LogP contribution >= 0.6 is 12.4 Å². The van der Waals surface area contributed by atoms with E-state index in [4.69, 9.17) is 10.5 Å². The zero-order valence-corrected chi connectivity index (χ0v) is 14.2. The highest BCUT2D eigenvalue weighted by molar-refractivity contribution is 5.89. The summed E-state index contributed by atoms with van der Waals surface area (Å²) in [5, 5.41) is 0. The minimum Gasteiger partial charge on any atom is -0.383 e. The molecule has 1 saturated heterocycles. The predicted molar refractivity (Wildman–Crippen MR) is 84.3 cm³/mol. The molecular formula is C14H28ClN3O3. The highest BCUT2D eigenvalue weighted by atomic mass is 35.5. The molecule has 124 valence electrons. The van der Waals surface area contributed by atoms with Gasteiger partial charge in [0.05, 0.1) is 12.5 Å². The molecule has 0 saturated carbocycles. The molecule has 1 rings (SSSR count). The molecule has 1 aliphatic rings. The van der Waals surface area contributed by atoms with Crippen LogP contribution in [0.4, 0.5) is 0 Å². The number of hydrogen-bond acceptors (Lipinski definition) is 4. The topological polar surface area (TPSA) is 75.9 Å². The van der Waals surface area contributed by atoms with E-state index in [1.807, 2.05) is 13.8 Å². The standard InChI is InChI=1S/C14H27N3O3.ClH/c1-14(2,9-15)10-16(3)13(19)11-7-12(18)17(8-11)5-6-20-4;/h11H,5-10,15H2,1-4H3;1H. The minimum absolute atomic E-state index is 0. The van der Waals surface area contributed by atoms with Crippen molar-refractivity contribution in [2.75, 3.05) is 46.9 Å². The summed E-state index contributed by atoms with van der Waals surface area (Å²) in [7, 11) is 3.38. The third-order valence-corrected chi connectivity index (χ3v) is 3.72. The average Bonchev–Trinajstić information content (AvgIpc) is 2.76. The fourth-order valence-electron chi connectivity index (χ4n) is 2.45. The molecule has 0 bridgehead atoms. The summed E-state index contributed by atoms with van der Waals surface area (Å²) in [6.45, 7) is 6.73. The van der Waals surface area contributed by atoms with Gasteiger partial charge in [-0.1, -0.05) is 13.8 Å². The Kier molecular flexibility index (Phi) is 8.21. The molecule has 0 spiro atoms. The van der Waals surface area contributed by atoms with Gasteiger partial charge in [0.1, 0.15) is 0 Å². The van der Waals surface area contributed by atoms with Gasteiger partial charge in [0.2, 0.25) is 11.8 Å². The van der Waals surface area contributed by atoms with Gasteiger partial charge >= 0.3 is 0 Å². The summed E-state index contributed by atoms with van der Waals surface area (Å²) in [5.41, 5.74) is 5.58. The first kappa shape index (κ1) is 20.1. The number of nitrogens with zero attached hydrogens (tertiary/aromatic N) is 2. The van der Waals surface area contributed by atoms with Crippen molar-refractivity contribution in [3.8, 4) is 0 Å². The molecule has 0 aliphatic carbocycles. The second kappa shape index (κ2) is 8.56. The molecule has 21 heavy (non-hydrogen) atoms. The number of likely N-dealkylation sites (tertiary alicyclic amines) is 1. The van der Waals surface area contributed by atoms with Crippen LogP contribution in [0.3, 0.4) is 0 Å². The van der Waals surface area contributed by atoms with Gasteiger partial charge < -0.3 is 20.3 Å². The van der Waals surface area contributed by atoms with E-state index in [1.54, 1.807) is 24.0 Å². The van der Waals surface area contributed by atoms with Crippen molar-refractivity contribution in [2.45, 2.75) is 20.3 Å². The third-order valence-electron chi connectivity index (χ3n) is 3.72. The summed E-state index contributed by atoms with van der Waals surface area (Å²) in [6, 6.07) is 0. The number of ether oxygens (including phenoxy) is 1. The molecule has 7 heteroatoms. The van der Waals surface area contributed by atoms with Crippen molar-refractivity contribution >= 4 is 24.2 Å². The van der Waals surface area contributed by atoms with E-state index >= 15 is 0 Å². The predicted octanol–water partition coefficient (Wildman–Crippen LogP) is 0.346. The van der Waals surface area contributed by atoms with Gasteiger partial charge in [-0.05, 0) is 12.0 Å². The second-order valence-electron chi connectivity index (χ2n) is 6.30. The summed E-state index contributed by atoms with van der Waals surface area (Å²) < 4.78 is 4.97. The van der Waals surface area contributed by atoms with E-state index in [0.717, 1.165) is 0 Å². The maximum Gasteiger partial charge on any atom is 0.227 e. The van der Waals surface area contributed by atoms with Crippen LogP contribution < -0.4 is 5.73 Å². The van der Waals surface area contributed by atoms with Crippen molar-refractivity contribution in [1.29, 1.82) is 0 Å². The Hall–Kier alpha value is -0.850. The Morgan fingerprint density at radius 1 is 1.52 bits per heavy atom. The Morgan fingerprint density at radius 2 is 2.14 bits per heavy atom. The van der Waals surface area contributed by atoms with Gasteiger partial charge in [-0.25, -0.2) is 0 Å². The number of amides is 2. The quantitative estimate of drug-likeness (QED) is 0.734. The molecule has 1 aliphatic heterocycles. The summed E-state index contributed by atoms with van der Waals surface area (Å²) in [6.07, 6.45) is 0.302. The third kappa shape index (κ3) is 5.80. The number of carbonyl (C=O) groups is 2. The number of rotatable bonds is 7. The van der Waals surface area contributed by atoms with Crippen LogP contribution in [0.15, 0.2) is 0 Å². The van der Waals surface area contributed by atoms with E-state index in [9.17, 15) is 9.59 Å². The van der Waals surface area contributed by atoms with Crippen LogP contribution in [0.1, 0.15) is 20.3 Å². The van der Waals surface area contributed by atoms with Crippen LogP contribution in [0.5, 0.6) is 0 Å². The smallest absolute Gasteiger partial charge is 0.227 e. The molecule has 0 aromatic carbocycles. The Labute approximate surface area is 133 Å². The SMILES string of the molecule is COCCN1CC(C(=O)N(C)CC(C)(C)CN)CC1=O.Cl. The van der Waals surface area contributed by atoms with Crippen LogP contribution in [-0.4, -0.2) is 68.6 Å². The monoisotopic (exact) mass is 321 g/mol. The molecule has 0 radical (unpaired) electrons. The van der Waals surface area contributed by atoms with E-state index < -0.39 is 0 Å². The molecule has 2 amide bonds. The van der Waals surface area contributed by atoms with Crippen LogP contribution in [0.2, 0.25) is 0 Å². The van der Waals surface area contributed by atoms with Gasteiger partial charge in [-0.15, -0.1) is 12.4 Å². The van der Waals surface area contributed by atoms with Gasteiger partial charge in [0.15, 0.2) is 0 Å². The van der Waals surface area contributed by atoms with Crippen molar-refractivity contribution in [1.82, 2.24) is 9.80 Å². The Morgan fingerprint density at radius 3 is 2.67 bits per heavy atom. The van der Waals surface area contributed by atoms with Crippen LogP contribution in [-0.2, 0) is 14.3 Å². The first-order valence-corrected chi connectivity index (χ1v) is 7.02. The van der Waals surface area contributed by atoms with E-state index in [2.05, 4.69) is 0 Å². The highest BCUT2D eigenvalue weighted by Crippen LogP contribution is 2.21. The lowest BCUT2D eigenvalue weighted by Crippen LogP contribution is -2.42. The zero-order chi connectivity index (χ0) is 15.3. The normalized spacial score (nSPS) is 18.6. The molecule has 1 atom stereocenters. The maximum absolute atomic E-state index is 12.4. The van der Waals surface area contributed by atoms with Gasteiger partial charge in [-0.2, -0.15) is 0 Å². The molecule has 1 fully saturated rings. The summed E-state index contributed by atoms with van der Waals surface area (Å²) in [5.74, 6) is -0.176. The average molecular weight is 322 g/mol. The fraction of sp³-hybridized carbons (Fsp3) is 0.857. The number of methoxy groups -OCH3 is 1. The van der Waals surface area contributed by atoms with E-state index in [1.165, 1.54) is 0 Å². The summed E-state index contributed by atoms with van der Waals surface area (Å²) >= 11 is 0. The molecule has 1 unspecified atom stereocenters. The number of carbonyl (C=O) groups excluding carboxylic acids is 2. The molecule has 6 nitrogen and oxygen atoms in total. The molecule has 2 N–H and O–H groups in total. The van der Waals surface area contributed by atoms with Gasteiger partial charge in [0.25, 0.3) is 0 Å². The molecular weight excluding hydrogens is 294 g/mol. The van der Waals surface area contributed by atoms with Crippen LogP contribution in [0.25, 0.3) is 0 Å². The largest absolute Gasteiger partial charge is 0.383 e. The Balaban J connectivity index is 0.00000400. The molecule has 1 heterocycles. The van der Waals surface area contributed by atoms with Crippen molar-refractivity contribution in [3.63, 3.8) is 0 Å². The number of hydrogen-bond donors (Lipinski definition) is 1. The highest BCUT2D eigenvalue weighted by Gasteiger charge is 2.36. The zero-order valence-electron chi connectivity index (χ0n) is 13.4. The molecule has 0 aromatic heterocycles. The van der Waals surface area contributed by atoms with Gasteiger partial charge in [0, 0.05) is 40.2 Å². The second-order valence-corrected chi connectivity index (χ2v) is 6.30. The lowest BCUT2D eigenvalue weighted by atomic mass is 9.92. The summed E-state index contributed by atoms with van der Waals surface area (Å²) in [4.78, 5) is 27.6.